The highest BCUT2D eigenvalue weighted by atomic mass is 16.7. The third-order valence-corrected chi connectivity index (χ3v) is 11.2. The average molecular weight is 1040 g/mol. The van der Waals surface area contributed by atoms with Crippen molar-refractivity contribution in [1.82, 2.24) is 31.9 Å². The maximum absolute atomic E-state index is 13.9. The van der Waals surface area contributed by atoms with Gasteiger partial charge in [0.15, 0.2) is 12.6 Å². The molecule has 2 aliphatic heterocycles. The summed E-state index contributed by atoms with van der Waals surface area (Å²) >= 11 is 0. The fourth-order valence-electron chi connectivity index (χ4n) is 8.16. The summed E-state index contributed by atoms with van der Waals surface area (Å²) in [5.41, 5.74) is -2.68. The van der Waals surface area contributed by atoms with Crippen LogP contribution >= 0.6 is 0 Å². The average Bonchev–Trinajstić information content (AvgIpc) is 3.24. The topological polar surface area (TPSA) is 333 Å². The van der Waals surface area contributed by atoms with E-state index in [2.05, 4.69) is 31.9 Å². The summed E-state index contributed by atoms with van der Waals surface area (Å²) in [5, 5.41) is 73.3. The van der Waals surface area contributed by atoms with E-state index in [0.717, 1.165) is 5.56 Å². The van der Waals surface area contributed by atoms with Crippen molar-refractivity contribution >= 4 is 30.3 Å². The van der Waals surface area contributed by atoms with Gasteiger partial charge in [-0.05, 0) is 114 Å². The Morgan fingerprint density at radius 1 is 0.630 bits per heavy atom. The number of nitrogens with one attached hydrogen (secondary N) is 6. The molecule has 4 rings (SSSR count). The van der Waals surface area contributed by atoms with E-state index in [1.165, 1.54) is 0 Å². The van der Waals surface area contributed by atoms with Crippen molar-refractivity contribution in [1.29, 1.82) is 0 Å². The van der Waals surface area contributed by atoms with Gasteiger partial charge in [0.1, 0.15) is 65.1 Å². The zero-order valence-electron chi connectivity index (χ0n) is 44.2. The first-order valence-electron chi connectivity index (χ1n) is 24.8. The Balaban J connectivity index is 1.74. The molecule has 0 radical (unpaired) electrons. The number of hydrogen-bond donors (Lipinski definition) is 11. The lowest BCUT2D eigenvalue weighted by molar-refractivity contribution is -0.316. The van der Waals surface area contributed by atoms with E-state index in [-0.39, 0.29) is 19.4 Å². The minimum absolute atomic E-state index is 0.197. The summed E-state index contributed by atoms with van der Waals surface area (Å²) in [6, 6.07) is 4.52. The van der Waals surface area contributed by atoms with Gasteiger partial charge in [0.05, 0.1) is 36.9 Å². The van der Waals surface area contributed by atoms with Crippen molar-refractivity contribution in [2.45, 2.75) is 223 Å². The van der Waals surface area contributed by atoms with Crippen LogP contribution in [-0.2, 0) is 49.2 Å². The number of benzene rings is 1. The number of aliphatic hydroxyl groups is 5. The number of carbonyl (C=O) groups is 5. The molecule has 73 heavy (non-hydrogen) atoms. The van der Waals surface area contributed by atoms with Crippen molar-refractivity contribution in [3.05, 3.63) is 35.9 Å². The Hall–Kier alpha value is -4.63. The Labute approximate surface area is 427 Å². The highest BCUT2D eigenvalue weighted by molar-refractivity contribution is 5.81. The summed E-state index contributed by atoms with van der Waals surface area (Å²) in [6.45, 7) is 19.6. The van der Waals surface area contributed by atoms with Gasteiger partial charge >= 0.3 is 24.4 Å². The molecule has 24 heteroatoms. The molecule has 1 saturated carbocycles. The molecule has 11 N–H and O–H groups in total. The third kappa shape index (κ3) is 20.5. The van der Waals surface area contributed by atoms with Crippen molar-refractivity contribution in [2.24, 2.45) is 0 Å². The van der Waals surface area contributed by atoms with Crippen LogP contribution in [0.2, 0.25) is 0 Å². The Morgan fingerprint density at radius 2 is 1.14 bits per heavy atom. The molecule has 0 spiro atoms. The van der Waals surface area contributed by atoms with Crippen molar-refractivity contribution in [3.8, 4) is 0 Å². The van der Waals surface area contributed by atoms with E-state index in [1.54, 1.807) is 83.1 Å². The molecule has 6 unspecified atom stereocenters. The van der Waals surface area contributed by atoms with Gasteiger partial charge in [-0.2, -0.15) is 0 Å². The number of hydrogen-bond acceptors (Lipinski definition) is 19. The van der Waals surface area contributed by atoms with Crippen molar-refractivity contribution in [3.63, 3.8) is 0 Å². The lowest BCUT2D eigenvalue weighted by Crippen LogP contribution is -2.70. The molecule has 416 valence electrons. The second-order valence-electron chi connectivity index (χ2n) is 22.5. The molecule has 1 aromatic carbocycles. The number of alkyl carbamates (subject to hydrolysis) is 4. The number of ether oxygens (including phenoxy) is 8. The molecular weight excluding hydrogens is 961 g/mol. The van der Waals surface area contributed by atoms with Crippen LogP contribution in [0, 0.1) is 0 Å². The van der Waals surface area contributed by atoms with Gasteiger partial charge in [-0.25, -0.2) is 19.2 Å². The number of carbonyl (C=O) groups excluding carboxylic acids is 5. The molecule has 0 aromatic heterocycles. The molecular formula is C49H82N6O18. The predicted octanol–water partition coefficient (Wildman–Crippen LogP) is 1.70. The molecule has 1 aromatic rings. The zero-order chi connectivity index (χ0) is 54.6. The summed E-state index contributed by atoms with van der Waals surface area (Å²) in [6.07, 6.45) is -19.3. The van der Waals surface area contributed by atoms with E-state index in [1.807, 2.05) is 30.3 Å². The van der Waals surface area contributed by atoms with Gasteiger partial charge in [-0.1, -0.05) is 30.3 Å². The van der Waals surface area contributed by atoms with Crippen molar-refractivity contribution < 1.29 is 87.4 Å². The quantitative estimate of drug-likeness (QED) is 0.0989. The van der Waals surface area contributed by atoms with Crippen LogP contribution in [0.15, 0.2) is 30.3 Å². The van der Waals surface area contributed by atoms with Crippen LogP contribution < -0.4 is 31.9 Å². The first-order valence-corrected chi connectivity index (χ1v) is 24.8. The summed E-state index contributed by atoms with van der Waals surface area (Å²) < 4.78 is 47.1. The van der Waals surface area contributed by atoms with E-state index in [9.17, 15) is 49.5 Å². The SMILES string of the molecule is CC(C)(C)OC(=O)NCC[C@H](O)C(=O)N[C@@H]1C[C@H](NC(=O)OC(C)(C)C)C(O[C@H]2OC(CNCc3ccccc3)CCC2NC(=O)OC(C)(C)C)C(O)[C@H]1O[C@H]1OC(CO)[C@@H](O)[C@@H](NC(=O)OC(C)(C)C)C1O. The Kier molecular flexibility index (Phi) is 21.9. The monoisotopic (exact) mass is 1040 g/mol. The molecule has 3 aliphatic rings. The maximum atomic E-state index is 13.9. The highest BCUT2D eigenvalue weighted by Crippen LogP contribution is 2.34. The largest absolute Gasteiger partial charge is 0.444 e. The minimum Gasteiger partial charge on any atom is -0.444 e. The summed E-state index contributed by atoms with van der Waals surface area (Å²) in [5.74, 6) is -1.01. The van der Waals surface area contributed by atoms with Crippen LogP contribution in [0.4, 0.5) is 19.2 Å². The number of aliphatic hydroxyl groups excluding tert-OH is 5. The van der Waals surface area contributed by atoms with Crippen LogP contribution in [0.1, 0.15) is 114 Å². The molecule has 1 aliphatic carbocycles. The Bertz CT molecular complexity index is 1940. The lowest BCUT2D eigenvalue weighted by atomic mass is 9.83. The van der Waals surface area contributed by atoms with Crippen LogP contribution in [0.25, 0.3) is 0 Å². The van der Waals surface area contributed by atoms with E-state index in [0.29, 0.717) is 25.9 Å². The molecule has 2 saturated heterocycles. The molecule has 3 fully saturated rings. The normalized spacial score (nSPS) is 29.4. The lowest BCUT2D eigenvalue weighted by Gasteiger charge is -2.49. The van der Waals surface area contributed by atoms with Gasteiger partial charge in [0.25, 0.3) is 0 Å². The molecule has 14 atom stereocenters. The first-order chi connectivity index (χ1) is 33.8. The predicted molar refractivity (Wildman–Crippen MR) is 260 cm³/mol. The van der Waals surface area contributed by atoms with E-state index < -0.39 is 145 Å². The van der Waals surface area contributed by atoms with Gasteiger partial charge in [0, 0.05) is 19.6 Å². The van der Waals surface area contributed by atoms with Crippen LogP contribution in [0.5, 0.6) is 0 Å². The van der Waals surface area contributed by atoms with Crippen LogP contribution in [0.3, 0.4) is 0 Å². The second-order valence-corrected chi connectivity index (χ2v) is 22.5. The fraction of sp³-hybridized carbons (Fsp3) is 0.776. The van der Waals surface area contributed by atoms with Crippen molar-refractivity contribution in [2.75, 3.05) is 19.7 Å². The van der Waals surface area contributed by atoms with E-state index in [4.69, 9.17) is 37.9 Å². The summed E-state index contributed by atoms with van der Waals surface area (Å²) in [4.78, 5) is 66.0. The summed E-state index contributed by atoms with van der Waals surface area (Å²) in [7, 11) is 0. The highest BCUT2D eigenvalue weighted by Gasteiger charge is 2.54. The van der Waals surface area contributed by atoms with E-state index >= 15 is 0 Å². The molecule has 24 nitrogen and oxygen atoms in total. The zero-order valence-corrected chi connectivity index (χ0v) is 44.2. The number of rotatable bonds is 17. The molecule has 2 heterocycles. The maximum Gasteiger partial charge on any atom is 0.408 e. The smallest absolute Gasteiger partial charge is 0.408 e. The van der Waals surface area contributed by atoms with Gasteiger partial charge in [-0.3, -0.25) is 4.79 Å². The minimum atomic E-state index is -1.93. The van der Waals surface area contributed by atoms with Gasteiger partial charge in [-0.15, -0.1) is 0 Å². The molecule has 5 amide bonds. The van der Waals surface area contributed by atoms with Gasteiger partial charge in [0.2, 0.25) is 5.91 Å². The number of amides is 5. The van der Waals surface area contributed by atoms with Crippen LogP contribution in [-0.4, -0.2) is 183 Å². The van der Waals surface area contributed by atoms with Gasteiger partial charge < -0.3 is 95.3 Å². The first kappa shape index (κ1) is 60.9. The standard InChI is InChI=1S/C49H82N6O18/c1-46(2,3)70-42(62)51-21-20-31(57)39(61)52-29-22-30(54-44(64)72-48(7,8)9)38(36(60)37(29)69-41-35(59)33(34(58)32(25-56)67-41)55-45(65)73-49(10,11)12)68-40-28(53-43(63)71-47(4,5)6)19-18-27(66-40)24-50-23-26-16-14-13-15-17-26/h13-17,27-38,40-41,50,56-60H,18-25H2,1-12H3,(H,51,62)(H,52,61)(H,53,63)(H,54,64)(H,55,65)/t27?,28?,29-,30+,31+,32?,33-,34-,35?,36?,37+,38?,40-,41-/m1/s1. The Morgan fingerprint density at radius 3 is 1.68 bits per heavy atom. The fourth-order valence-corrected chi connectivity index (χ4v) is 8.16. The second kappa shape index (κ2) is 26.2. The molecule has 0 bridgehead atoms. The third-order valence-electron chi connectivity index (χ3n) is 11.2.